The highest BCUT2D eigenvalue weighted by molar-refractivity contribution is 8.00. The molecule has 8 heteroatoms. The fourth-order valence-corrected chi connectivity index (χ4v) is 2.18. The largest absolute Gasteiger partial charge is 0.465 e. The van der Waals surface area contributed by atoms with Gasteiger partial charge < -0.3 is 10.5 Å². The van der Waals surface area contributed by atoms with Crippen LogP contribution in [0, 0.1) is 11.3 Å². The third-order valence-electron chi connectivity index (χ3n) is 2.17. The Morgan fingerprint density at radius 1 is 1.53 bits per heavy atom. The number of halogens is 3. The summed E-state index contributed by atoms with van der Waals surface area (Å²) in [7, 11) is 1.10. The van der Waals surface area contributed by atoms with E-state index in [1.54, 1.807) is 6.07 Å². The van der Waals surface area contributed by atoms with Gasteiger partial charge in [-0.2, -0.15) is 18.4 Å². The van der Waals surface area contributed by atoms with E-state index < -0.39 is 23.2 Å². The van der Waals surface area contributed by atoms with Crippen LogP contribution in [0.5, 0.6) is 0 Å². The van der Waals surface area contributed by atoms with E-state index in [2.05, 4.69) is 4.74 Å². The third-order valence-corrected chi connectivity index (χ3v) is 2.99. The quantitative estimate of drug-likeness (QED) is 0.683. The first-order chi connectivity index (χ1) is 8.82. The molecule has 4 nitrogen and oxygen atoms in total. The Morgan fingerprint density at radius 2 is 2.16 bits per heavy atom. The van der Waals surface area contributed by atoms with Crippen molar-refractivity contribution in [1.82, 2.24) is 0 Å². The zero-order chi connectivity index (χ0) is 14.6. The summed E-state index contributed by atoms with van der Waals surface area (Å²) in [6.07, 6.45) is 0. The van der Waals surface area contributed by atoms with E-state index in [-0.39, 0.29) is 28.1 Å². The van der Waals surface area contributed by atoms with Gasteiger partial charge in [-0.05, 0) is 29.5 Å². The molecule has 0 aliphatic carbocycles. The number of carbonyl (C=O) groups excluding carboxylic acids is 1. The Bertz CT molecular complexity index is 538. The van der Waals surface area contributed by atoms with Gasteiger partial charge in [0, 0.05) is 11.4 Å². The summed E-state index contributed by atoms with van der Waals surface area (Å²) in [5.41, 5.74) is 0.660. The maximum Gasteiger partial charge on any atom is 0.446 e. The maximum absolute atomic E-state index is 12.4. The zero-order valence-corrected chi connectivity index (χ0v) is 10.6. The van der Waals surface area contributed by atoms with Crippen molar-refractivity contribution < 1.29 is 22.7 Å². The van der Waals surface area contributed by atoms with Crippen molar-refractivity contribution in [3.05, 3.63) is 28.8 Å². The van der Waals surface area contributed by atoms with Gasteiger partial charge in [0.25, 0.3) is 0 Å². The van der Waals surface area contributed by atoms with E-state index in [1.165, 1.54) is 0 Å². The number of rotatable bonds is 3. The molecular formula is C11H9F3N2O2S. The Balaban J connectivity index is 3.44. The summed E-state index contributed by atoms with van der Waals surface area (Å²) in [5, 5.41) is 8.78. The first-order valence-corrected chi connectivity index (χ1v) is 5.75. The predicted molar refractivity (Wildman–Crippen MR) is 62.3 cm³/mol. The lowest BCUT2D eigenvalue weighted by atomic mass is 10.0. The topological polar surface area (TPSA) is 76.1 Å². The number of esters is 1. The molecule has 2 N–H and O–H groups in total. The first-order valence-electron chi connectivity index (χ1n) is 4.93. The second kappa shape index (κ2) is 5.95. The Hall–Kier alpha value is -1.72. The maximum atomic E-state index is 12.4. The number of ether oxygens (including phenoxy) is 1. The summed E-state index contributed by atoms with van der Waals surface area (Å²) in [6.45, 7) is -0.269. The van der Waals surface area contributed by atoms with Gasteiger partial charge in [-0.3, -0.25) is 0 Å². The summed E-state index contributed by atoms with van der Waals surface area (Å²) >= 11 is -0.415. The molecule has 0 saturated heterocycles. The van der Waals surface area contributed by atoms with Crippen LogP contribution in [0.2, 0.25) is 0 Å². The van der Waals surface area contributed by atoms with E-state index in [0.717, 1.165) is 19.2 Å². The summed E-state index contributed by atoms with van der Waals surface area (Å²) in [4.78, 5) is 11.2. The van der Waals surface area contributed by atoms with Gasteiger partial charge in [0.15, 0.2) is 0 Å². The summed E-state index contributed by atoms with van der Waals surface area (Å²) in [5.74, 6) is -0.832. The molecule has 0 fully saturated rings. The molecule has 0 saturated carbocycles. The van der Waals surface area contributed by atoms with Gasteiger partial charge >= 0.3 is 11.5 Å². The summed E-state index contributed by atoms with van der Waals surface area (Å²) < 4.78 is 41.8. The molecule has 0 spiro atoms. The monoisotopic (exact) mass is 290 g/mol. The normalized spacial score (nSPS) is 10.9. The standard InChI is InChI=1S/C11H9F3N2O2S/c1-18-10(17)7-2-6(4-15)3-9(8(7)5-16)19-11(12,13)14/h2-3H,5,16H2,1H3. The van der Waals surface area contributed by atoms with Gasteiger partial charge in [-0.15, -0.1) is 0 Å². The van der Waals surface area contributed by atoms with E-state index in [1.807, 2.05) is 0 Å². The lowest BCUT2D eigenvalue weighted by Gasteiger charge is -2.13. The number of nitrogens with two attached hydrogens (primary N) is 1. The molecule has 1 rings (SSSR count). The average molecular weight is 290 g/mol. The predicted octanol–water partition coefficient (Wildman–Crippen LogP) is 2.42. The molecule has 19 heavy (non-hydrogen) atoms. The molecule has 0 aliphatic rings. The van der Waals surface area contributed by atoms with Gasteiger partial charge in [0.05, 0.1) is 24.3 Å². The van der Waals surface area contributed by atoms with Gasteiger partial charge in [-0.1, -0.05) is 0 Å². The van der Waals surface area contributed by atoms with E-state index in [0.29, 0.717) is 0 Å². The van der Waals surface area contributed by atoms with Crippen molar-refractivity contribution in [2.75, 3.05) is 7.11 Å². The van der Waals surface area contributed by atoms with Crippen LogP contribution in [0.3, 0.4) is 0 Å². The van der Waals surface area contributed by atoms with Crippen molar-refractivity contribution in [1.29, 1.82) is 5.26 Å². The molecule has 1 aromatic rings. The van der Waals surface area contributed by atoms with Crippen LogP contribution in [-0.4, -0.2) is 18.6 Å². The zero-order valence-electron chi connectivity index (χ0n) is 9.75. The van der Waals surface area contributed by atoms with Crippen LogP contribution in [0.15, 0.2) is 17.0 Å². The second-order valence-electron chi connectivity index (χ2n) is 3.36. The number of carbonyl (C=O) groups is 1. The van der Waals surface area contributed by atoms with Crippen molar-refractivity contribution in [3.8, 4) is 6.07 Å². The molecule has 102 valence electrons. The lowest BCUT2D eigenvalue weighted by Crippen LogP contribution is -2.12. The number of thioether (sulfide) groups is 1. The number of nitriles is 1. The highest BCUT2D eigenvalue weighted by atomic mass is 32.2. The fraction of sp³-hybridized carbons (Fsp3) is 0.273. The van der Waals surface area contributed by atoms with E-state index in [9.17, 15) is 18.0 Å². The highest BCUT2D eigenvalue weighted by Crippen LogP contribution is 2.40. The van der Waals surface area contributed by atoms with Gasteiger partial charge in [-0.25, -0.2) is 4.79 Å². The van der Waals surface area contributed by atoms with E-state index >= 15 is 0 Å². The van der Waals surface area contributed by atoms with Crippen LogP contribution in [0.1, 0.15) is 21.5 Å². The van der Waals surface area contributed by atoms with Crippen molar-refractivity contribution in [3.63, 3.8) is 0 Å². The second-order valence-corrected chi connectivity index (χ2v) is 4.46. The highest BCUT2D eigenvalue weighted by Gasteiger charge is 2.31. The van der Waals surface area contributed by atoms with Crippen LogP contribution in [0.4, 0.5) is 13.2 Å². The summed E-state index contributed by atoms with van der Waals surface area (Å²) in [6, 6.07) is 3.90. The smallest absolute Gasteiger partial charge is 0.446 e. The number of nitrogens with zero attached hydrogens (tertiary/aromatic N) is 1. The molecular weight excluding hydrogens is 281 g/mol. The Labute approximate surface area is 111 Å². The molecule has 0 atom stereocenters. The molecule has 0 unspecified atom stereocenters. The van der Waals surface area contributed by atoms with Crippen LogP contribution >= 0.6 is 11.8 Å². The lowest BCUT2D eigenvalue weighted by molar-refractivity contribution is -0.0328. The van der Waals surface area contributed by atoms with Crippen molar-refractivity contribution in [2.24, 2.45) is 5.73 Å². The number of hydrogen-bond acceptors (Lipinski definition) is 5. The van der Waals surface area contributed by atoms with Gasteiger partial charge in [0.1, 0.15) is 0 Å². The number of hydrogen-bond donors (Lipinski definition) is 1. The SMILES string of the molecule is COC(=O)c1cc(C#N)cc(SC(F)(F)F)c1CN. The van der Waals surface area contributed by atoms with E-state index in [4.69, 9.17) is 11.0 Å². The van der Waals surface area contributed by atoms with Crippen LogP contribution < -0.4 is 5.73 Å². The molecule has 0 radical (unpaired) electrons. The first kappa shape index (κ1) is 15.3. The molecule has 0 aromatic heterocycles. The molecule has 0 heterocycles. The van der Waals surface area contributed by atoms with Crippen molar-refractivity contribution in [2.45, 2.75) is 16.9 Å². The molecule has 0 aliphatic heterocycles. The molecule has 0 bridgehead atoms. The minimum atomic E-state index is -4.54. The number of alkyl halides is 3. The minimum Gasteiger partial charge on any atom is -0.465 e. The van der Waals surface area contributed by atoms with Crippen LogP contribution in [0.25, 0.3) is 0 Å². The Morgan fingerprint density at radius 3 is 2.58 bits per heavy atom. The third kappa shape index (κ3) is 3.87. The van der Waals surface area contributed by atoms with Crippen LogP contribution in [-0.2, 0) is 11.3 Å². The fourth-order valence-electron chi connectivity index (χ4n) is 1.43. The number of methoxy groups -OCH3 is 1. The number of benzene rings is 1. The van der Waals surface area contributed by atoms with Crippen molar-refractivity contribution >= 4 is 17.7 Å². The van der Waals surface area contributed by atoms with Gasteiger partial charge in [0.2, 0.25) is 0 Å². The Kier molecular flexibility index (Phi) is 4.80. The molecule has 1 aromatic carbocycles. The average Bonchev–Trinajstić information content (AvgIpc) is 2.34. The minimum absolute atomic E-state index is 0.00757. The molecule has 0 amide bonds.